The van der Waals surface area contributed by atoms with Gasteiger partial charge in [-0.15, -0.1) is 0 Å². The van der Waals surface area contributed by atoms with Gasteiger partial charge in [-0.2, -0.15) is 0 Å². The van der Waals surface area contributed by atoms with Crippen molar-refractivity contribution in [3.8, 4) is 0 Å². The first-order valence-corrected chi connectivity index (χ1v) is 5.29. The van der Waals surface area contributed by atoms with E-state index in [2.05, 4.69) is 4.98 Å². The molecule has 0 aliphatic rings. The highest BCUT2D eigenvalue weighted by atomic mass is 16.4. The number of H-pyrrole nitrogens is 1. The zero-order chi connectivity index (χ0) is 12.8. The van der Waals surface area contributed by atoms with Crippen molar-refractivity contribution in [2.45, 2.75) is 26.3 Å². The number of nitrogens with zero attached hydrogens (tertiary/aromatic N) is 1. The molecule has 5 heteroatoms. The number of imidazole rings is 1. The Morgan fingerprint density at radius 2 is 2.00 bits per heavy atom. The lowest BCUT2D eigenvalue weighted by molar-refractivity contribution is 0.0697. The Morgan fingerprint density at radius 1 is 1.35 bits per heavy atom. The van der Waals surface area contributed by atoms with Gasteiger partial charge in [0.1, 0.15) is 0 Å². The number of rotatable bonds is 1. The molecule has 2 rings (SSSR count). The fraction of sp³-hybridized carbons (Fsp3) is 0.333. The van der Waals surface area contributed by atoms with Crippen LogP contribution in [0.15, 0.2) is 23.0 Å². The van der Waals surface area contributed by atoms with Crippen LogP contribution in [0, 0.1) is 0 Å². The second-order valence-corrected chi connectivity index (χ2v) is 4.97. The summed E-state index contributed by atoms with van der Waals surface area (Å²) in [5.41, 5.74) is 0.854. The van der Waals surface area contributed by atoms with E-state index in [4.69, 9.17) is 5.11 Å². The summed E-state index contributed by atoms with van der Waals surface area (Å²) in [5, 5.41) is 8.88. The Hall–Kier alpha value is -2.04. The molecular weight excluding hydrogens is 220 g/mol. The standard InChI is InChI=1S/C12H14N2O3/c1-12(2,3)14-9-5-4-7(10(15)16)6-8(9)13-11(14)17/h4-6H,1-3H3,(H,13,17)(H,15,16). The molecule has 17 heavy (non-hydrogen) atoms. The number of hydrogen-bond acceptors (Lipinski definition) is 2. The molecule has 0 saturated heterocycles. The Kier molecular flexibility index (Phi) is 2.34. The summed E-state index contributed by atoms with van der Waals surface area (Å²) >= 11 is 0. The molecule has 90 valence electrons. The molecule has 2 N–H and O–H groups in total. The second kappa shape index (κ2) is 3.48. The highest BCUT2D eigenvalue weighted by Crippen LogP contribution is 2.20. The van der Waals surface area contributed by atoms with Gasteiger partial charge in [-0.05, 0) is 39.0 Å². The van der Waals surface area contributed by atoms with Crippen LogP contribution in [-0.2, 0) is 5.54 Å². The van der Waals surface area contributed by atoms with Gasteiger partial charge in [-0.1, -0.05) is 0 Å². The molecule has 1 aromatic carbocycles. The number of aromatic nitrogens is 2. The summed E-state index contributed by atoms with van der Waals surface area (Å²) in [6.07, 6.45) is 0. The normalized spacial score (nSPS) is 11.9. The van der Waals surface area contributed by atoms with Crippen LogP contribution >= 0.6 is 0 Å². The maximum Gasteiger partial charge on any atom is 0.335 e. The van der Waals surface area contributed by atoms with E-state index in [0.717, 1.165) is 0 Å². The van der Waals surface area contributed by atoms with Gasteiger partial charge in [0.2, 0.25) is 0 Å². The van der Waals surface area contributed by atoms with Gasteiger partial charge in [-0.25, -0.2) is 9.59 Å². The average molecular weight is 234 g/mol. The van der Waals surface area contributed by atoms with Crippen molar-refractivity contribution in [3.63, 3.8) is 0 Å². The van der Waals surface area contributed by atoms with Crippen LogP contribution in [0.5, 0.6) is 0 Å². The third-order valence-electron chi connectivity index (χ3n) is 2.60. The minimum Gasteiger partial charge on any atom is -0.478 e. The number of carboxylic acids is 1. The minimum absolute atomic E-state index is 0.166. The van der Waals surface area contributed by atoms with Gasteiger partial charge in [0.05, 0.1) is 16.6 Å². The molecule has 5 nitrogen and oxygen atoms in total. The highest BCUT2D eigenvalue weighted by molar-refractivity contribution is 5.92. The van der Waals surface area contributed by atoms with Crippen LogP contribution in [0.2, 0.25) is 0 Å². The number of nitrogens with one attached hydrogen (secondary N) is 1. The lowest BCUT2D eigenvalue weighted by atomic mass is 10.1. The summed E-state index contributed by atoms with van der Waals surface area (Å²) in [5.74, 6) is -1.00. The maximum absolute atomic E-state index is 11.8. The van der Waals surface area contributed by atoms with Crippen molar-refractivity contribution in [1.29, 1.82) is 0 Å². The fourth-order valence-electron chi connectivity index (χ4n) is 1.91. The minimum atomic E-state index is -1.00. The SMILES string of the molecule is CC(C)(C)n1c(=O)[nH]c2cc(C(=O)O)ccc21. The molecule has 0 fully saturated rings. The lowest BCUT2D eigenvalue weighted by Crippen LogP contribution is -2.31. The van der Waals surface area contributed by atoms with Gasteiger partial charge in [0.15, 0.2) is 0 Å². The summed E-state index contributed by atoms with van der Waals surface area (Å²) < 4.78 is 1.62. The van der Waals surface area contributed by atoms with E-state index in [1.165, 1.54) is 12.1 Å². The summed E-state index contributed by atoms with van der Waals surface area (Å²) in [4.78, 5) is 25.3. The Labute approximate surface area is 97.7 Å². The monoisotopic (exact) mass is 234 g/mol. The number of aromatic carboxylic acids is 1. The number of hydrogen-bond donors (Lipinski definition) is 2. The molecule has 0 spiro atoms. The Morgan fingerprint density at radius 3 is 2.53 bits per heavy atom. The third-order valence-corrected chi connectivity index (χ3v) is 2.60. The van der Waals surface area contributed by atoms with E-state index >= 15 is 0 Å². The predicted octanol–water partition coefficient (Wildman–Crippen LogP) is 1.78. The smallest absolute Gasteiger partial charge is 0.335 e. The molecule has 0 unspecified atom stereocenters. The first-order valence-electron chi connectivity index (χ1n) is 5.29. The Balaban J connectivity index is 2.78. The summed E-state index contributed by atoms with van der Waals surface area (Å²) in [6.45, 7) is 5.77. The molecule has 0 aliphatic heterocycles. The number of benzene rings is 1. The number of fused-ring (bicyclic) bond motifs is 1. The highest BCUT2D eigenvalue weighted by Gasteiger charge is 2.19. The van der Waals surface area contributed by atoms with Crippen LogP contribution in [0.1, 0.15) is 31.1 Å². The van der Waals surface area contributed by atoms with Crippen LogP contribution in [-0.4, -0.2) is 20.6 Å². The van der Waals surface area contributed by atoms with Crippen LogP contribution in [0.3, 0.4) is 0 Å². The molecule has 0 amide bonds. The quantitative estimate of drug-likeness (QED) is 0.789. The van der Waals surface area contributed by atoms with E-state index < -0.39 is 5.97 Å². The number of carbonyl (C=O) groups is 1. The third kappa shape index (κ3) is 1.84. The lowest BCUT2D eigenvalue weighted by Gasteiger charge is -2.20. The van der Waals surface area contributed by atoms with Gasteiger partial charge in [-0.3, -0.25) is 4.57 Å². The number of aromatic amines is 1. The molecule has 0 radical (unpaired) electrons. The summed E-state index contributed by atoms with van der Waals surface area (Å²) in [7, 11) is 0. The topological polar surface area (TPSA) is 75.1 Å². The zero-order valence-electron chi connectivity index (χ0n) is 9.94. The van der Waals surface area contributed by atoms with Crippen molar-refractivity contribution in [3.05, 3.63) is 34.2 Å². The van der Waals surface area contributed by atoms with Gasteiger partial charge < -0.3 is 10.1 Å². The number of carboxylic acid groups (broad SMARTS) is 1. The van der Waals surface area contributed by atoms with Gasteiger partial charge >= 0.3 is 11.7 Å². The fourth-order valence-corrected chi connectivity index (χ4v) is 1.91. The molecule has 0 bridgehead atoms. The van der Waals surface area contributed by atoms with Crippen LogP contribution in [0.25, 0.3) is 11.0 Å². The molecule has 0 aliphatic carbocycles. The van der Waals surface area contributed by atoms with Gasteiger partial charge in [0, 0.05) is 5.54 Å². The molecule has 1 heterocycles. The van der Waals surface area contributed by atoms with E-state index in [-0.39, 0.29) is 16.8 Å². The first kappa shape index (κ1) is 11.4. The molecule has 0 atom stereocenters. The van der Waals surface area contributed by atoms with Crippen molar-refractivity contribution < 1.29 is 9.90 Å². The van der Waals surface area contributed by atoms with Crippen molar-refractivity contribution in [1.82, 2.24) is 9.55 Å². The summed E-state index contributed by atoms with van der Waals surface area (Å²) in [6, 6.07) is 4.63. The van der Waals surface area contributed by atoms with Gasteiger partial charge in [0.25, 0.3) is 0 Å². The Bertz CT molecular complexity index is 644. The zero-order valence-corrected chi connectivity index (χ0v) is 9.94. The van der Waals surface area contributed by atoms with Crippen LogP contribution < -0.4 is 5.69 Å². The van der Waals surface area contributed by atoms with E-state index in [1.807, 2.05) is 20.8 Å². The van der Waals surface area contributed by atoms with Crippen molar-refractivity contribution >= 4 is 17.0 Å². The van der Waals surface area contributed by atoms with E-state index in [0.29, 0.717) is 11.0 Å². The second-order valence-electron chi connectivity index (χ2n) is 4.97. The maximum atomic E-state index is 11.8. The van der Waals surface area contributed by atoms with E-state index in [9.17, 15) is 9.59 Å². The molecule has 0 saturated carbocycles. The molecule has 1 aromatic heterocycles. The largest absolute Gasteiger partial charge is 0.478 e. The average Bonchev–Trinajstić information content (AvgIpc) is 2.51. The predicted molar refractivity (Wildman–Crippen MR) is 64.5 cm³/mol. The van der Waals surface area contributed by atoms with Crippen LogP contribution in [0.4, 0.5) is 0 Å². The van der Waals surface area contributed by atoms with E-state index in [1.54, 1.807) is 10.6 Å². The van der Waals surface area contributed by atoms with Crippen molar-refractivity contribution in [2.24, 2.45) is 0 Å². The molecule has 2 aromatic rings. The molecular formula is C12H14N2O3. The van der Waals surface area contributed by atoms with Crippen molar-refractivity contribution in [2.75, 3.05) is 0 Å². The first-order chi connectivity index (χ1) is 7.80.